The average molecular weight is 269 g/mol. The lowest BCUT2D eigenvalue weighted by Gasteiger charge is -2.18. The molecule has 1 fully saturated rings. The normalized spacial score (nSPS) is 23.2. The van der Waals surface area contributed by atoms with E-state index < -0.39 is 23.9 Å². The van der Waals surface area contributed by atoms with Crippen LogP contribution in [0.5, 0.6) is 0 Å². The van der Waals surface area contributed by atoms with E-state index in [4.69, 9.17) is 4.74 Å². The molecule has 1 amide bonds. The van der Waals surface area contributed by atoms with Crippen molar-refractivity contribution in [2.75, 3.05) is 0 Å². The molecule has 2 aliphatic rings. The zero-order valence-electron chi connectivity index (χ0n) is 9.78. The Kier molecular flexibility index (Phi) is 2.62. The molecule has 100 valence electrons. The van der Waals surface area contributed by atoms with E-state index in [9.17, 15) is 18.0 Å². The fourth-order valence-electron chi connectivity index (χ4n) is 2.10. The van der Waals surface area contributed by atoms with Gasteiger partial charge in [0.25, 0.3) is 5.91 Å². The van der Waals surface area contributed by atoms with Crippen molar-refractivity contribution in [2.24, 2.45) is 10.9 Å². The minimum atomic E-state index is -4.64. The monoisotopic (exact) mass is 269 g/mol. The highest BCUT2D eigenvalue weighted by atomic mass is 19.4. The fraction of sp³-hybridized carbons (Fsp3) is 0.385. The van der Waals surface area contributed by atoms with Crippen LogP contribution in [-0.2, 0) is 9.53 Å². The number of fused-ring (bicyclic) bond motifs is 1. The largest absolute Gasteiger partial charge is 0.475 e. The van der Waals surface area contributed by atoms with Gasteiger partial charge in [0.2, 0.25) is 5.76 Å². The van der Waals surface area contributed by atoms with Gasteiger partial charge in [0, 0.05) is 11.1 Å². The van der Waals surface area contributed by atoms with E-state index >= 15 is 0 Å². The molecule has 0 N–H and O–H groups in total. The molecule has 1 saturated carbocycles. The summed E-state index contributed by atoms with van der Waals surface area (Å²) in [5.41, 5.74) is 0. The molecule has 1 unspecified atom stereocenters. The topological polar surface area (TPSA) is 38.7 Å². The lowest BCUT2D eigenvalue weighted by molar-refractivity contribution is -0.133. The van der Waals surface area contributed by atoms with Crippen LogP contribution in [-0.4, -0.2) is 18.2 Å². The summed E-state index contributed by atoms with van der Waals surface area (Å²) in [6.45, 7) is 0. The fourth-order valence-corrected chi connectivity index (χ4v) is 2.10. The highest BCUT2D eigenvalue weighted by Crippen LogP contribution is 2.38. The summed E-state index contributed by atoms with van der Waals surface area (Å²) >= 11 is 0. The Labute approximate surface area is 106 Å². The molecule has 0 aromatic heterocycles. The zero-order chi connectivity index (χ0) is 13.6. The van der Waals surface area contributed by atoms with Gasteiger partial charge in [0.1, 0.15) is 0 Å². The van der Waals surface area contributed by atoms with Crippen LogP contribution in [0.2, 0.25) is 0 Å². The summed E-state index contributed by atoms with van der Waals surface area (Å²) in [5.74, 6) is -1.90. The minimum absolute atomic E-state index is 0.0166. The van der Waals surface area contributed by atoms with Crippen LogP contribution in [0, 0.1) is 5.92 Å². The third-order valence-electron chi connectivity index (χ3n) is 3.18. The first kappa shape index (κ1) is 12.2. The summed E-state index contributed by atoms with van der Waals surface area (Å²) in [6.07, 6.45) is -4.34. The second kappa shape index (κ2) is 4.08. The van der Waals surface area contributed by atoms with Gasteiger partial charge in [-0.25, -0.2) is 4.99 Å². The van der Waals surface area contributed by atoms with Gasteiger partial charge in [-0.3, -0.25) is 4.79 Å². The summed E-state index contributed by atoms with van der Waals surface area (Å²) in [6, 6.07) is 5.66. The Morgan fingerprint density at radius 2 is 1.89 bits per heavy atom. The lowest BCUT2D eigenvalue weighted by Crippen LogP contribution is -2.32. The molecule has 1 atom stereocenters. The Balaban J connectivity index is 2.25. The highest BCUT2D eigenvalue weighted by Gasteiger charge is 2.45. The van der Waals surface area contributed by atoms with E-state index in [2.05, 4.69) is 4.99 Å². The Hall–Kier alpha value is -1.85. The van der Waals surface area contributed by atoms with Crippen molar-refractivity contribution >= 4 is 11.7 Å². The van der Waals surface area contributed by atoms with Crippen LogP contribution in [0.1, 0.15) is 12.8 Å². The summed E-state index contributed by atoms with van der Waals surface area (Å²) in [5, 5.41) is -0.158. The molecule has 6 heteroatoms. The molecule has 3 rings (SSSR count). The molecular weight excluding hydrogens is 259 g/mol. The number of benzene rings is 1. The maximum Gasteiger partial charge on any atom is 0.449 e. The van der Waals surface area contributed by atoms with Crippen molar-refractivity contribution in [3.63, 3.8) is 0 Å². The number of hydrogen-bond acceptors (Lipinski definition) is 2. The molecule has 1 heterocycles. The first-order valence-corrected chi connectivity index (χ1v) is 5.92. The van der Waals surface area contributed by atoms with Gasteiger partial charge >= 0.3 is 6.18 Å². The first-order valence-electron chi connectivity index (χ1n) is 5.92. The van der Waals surface area contributed by atoms with Crippen molar-refractivity contribution in [1.82, 2.24) is 0 Å². The Bertz CT molecular complexity index is 647. The quantitative estimate of drug-likeness (QED) is 0.771. The highest BCUT2D eigenvalue weighted by molar-refractivity contribution is 5.83. The predicted octanol–water partition coefficient (Wildman–Crippen LogP) is 1.31. The van der Waals surface area contributed by atoms with Crippen molar-refractivity contribution < 1.29 is 22.7 Å². The summed E-state index contributed by atoms with van der Waals surface area (Å²) < 4.78 is 44.2. The molecule has 1 aromatic rings. The van der Waals surface area contributed by atoms with Crippen molar-refractivity contribution in [3.8, 4) is 0 Å². The molecule has 1 aliphatic heterocycles. The van der Waals surface area contributed by atoms with Gasteiger partial charge in [0.05, 0.1) is 5.36 Å². The predicted molar refractivity (Wildman–Crippen MR) is 59.3 cm³/mol. The van der Waals surface area contributed by atoms with Gasteiger partial charge in [-0.2, -0.15) is 13.2 Å². The summed E-state index contributed by atoms with van der Waals surface area (Å²) in [7, 11) is 0. The maximum atomic E-state index is 13.1. The molecule has 3 nitrogen and oxygen atoms in total. The first-order chi connectivity index (χ1) is 8.97. The molecule has 0 bridgehead atoms. The molecular formula is C13H10F3NO2. The number of amides is 1. The van der Waals surface area contributed by atoms with Crippen LogP contribution in [0.25, 0.3) is 5.76 Å². The number of ether oxygens (including phenoxy) is 1. The third-order valence-corrected chi connectivity index (χ3v) is 3.18. The van der Waals surface area contributed by atoms with E-state index in [0.717, 1.165) is 0 Å². The lowest BCUT2D eigenvalue weighted by atomic mass is 10.2. The van der Waals surface area contributed by atoms with Crippen molar-refractivity contribution in [3.05, 3.63) is 34.8 Å². The van der Waals surface area contributed by atoms with Gasteiger partial charge in [0.15, 0.2) is 6.10 Å². The Morgan fingerprint density at radius 3 is 2.53 bits per heavy atom. The number of carbonyl (C=O) groups excluding carboxylic acids is 1. The number of rotatable bonds is 1. The molecule has 0 radical (unpaired) electrons. The molecule has 1 aromatic carbocycles. The van der Waals surface area contributed by atoms with Crippen molar-refractivity contribution in [1.29, 1.82) is 0 Å². The third kappa shape index (κ3) is 2.22. The van der Waals surface area contributed by atoms with E-state index in [1.54, 1.807) is 6.07 Å². The van der Waals surface area contributed by atoms with Crippen LogP contribution in [0.15, 0.2) is 29.3 Å². The van der Waals surface area contributed by atoms with E-state index in [0.29, 0.717) is 12.8 Å². The van der Waals surface area contributed by atoms with Crippen LogP contribution in [0.3, 0.4) is 0 Å². The number of nitrogens with zero attached hydrogens (tertiary/aromatic N) is 1. The molecule has 1 aliphatic carbocycles. The van der Waals surface area contributed by atoms with Crippen LogP contribution < -0.4 is 10.6 Å². The van der Waals surface area contributed by atoms with Crippen LogP contribution >= 0.6 is 0 Å². The second-order valence-corrected chi connectivity index (χ2v) is 4.67. The van der Waals surface area contributed by atoms with Crippen molar-refractivity contribution in [2.45, 2.75) is 25.1 Å². The summed E-state index contributed by atoms with van der Waals surface area (Å²) in [4.78, 5) is 15.6. The average Bonchev–Trinajstić information content (AvgIpc) is 3.13. The van der Waals surface area contributed by atoms with E-state index in [1.807, 2.05) is 0 Å². The maximum absolute atomic E-state index is 13.1. The second-order valence-electron chi connectivity index (χ2n) is 4.67. The number of hydrogen-bond donors (Lipinski definition) is 0. The minimum Gasteiger partial charge on any atom is -0.475 e. The van der Waals surface area contributed by atoms with Gasteiger partial charge < -0.3 is 4.74 Å². The SMILES string of the molecule is O=C1N=c2ccccc2=C(C(F)(F)F)OC1C1CC1. The van der Waals surface area contributed by atoms with E-state index in [-0.39, 0.29) is 16.5 Å². The smallest absolute Gasteiger partial charge is 0.449 e. The number of para-hydroxylation sites is 1. The molecule has 19 heavy (non-hydrogen) atoms. The number of halogens is 3. The van der Waals surface area contributed by atoms with Crippen LogP contribution in [0.4, 0.5) is 13.2 Å². The van der Waals surface area contributed by atoms with E-state index in [1.165, 1.54) is 18.2 Å². The van der Waals surface area contributed by atoms with Gasteiger partial charge in [-0.15, -0.1) is 0 Å². The number of carbonyl (C=O) groups is 1. The van der Waals surface area contributed by atoms with Gasteiger partial charge in [-0.05, 0) is 25.0 Å². The zero-order valence-corrected chi connectivity index (χ0v) is 9.78. The Morgan fingerprint density at radius 1 is 1.21 bits per heavy atom. The standard InChI is InChI=1S/C13H10F3NO2/c14-13(15,16)11-8-3-1-2-4-9(8)17-12(18)10(19-11)7-5-6-7/h1-4,7,10H,5-6H2. The molecule has 0 saturated heterocycles. The molecule has 0 spiro atoms. The number of alkyl halides is 3. The van der Waals surface area contributed by atoms with Gasteiger partial charge in [-0.1, -0.05) is 12.1 Å².